The molecule has 0 saturated heterocycles. The molecule has 5 nitrogen and oxygen atoms in total. The van der Waals surface area contributed by atoms with E-state index in [-0.39, 0.29) is 5.91 Å². The molecule has 0 radical (unpaired) electrons. The Bertz CT molecular complexity index is 1020. The Hall–Kier alpha value is -3.34. The number of benzene rings is 2. The lowest BCUT2D eigenvalue weighted by atomic mass is 10.0. The van der Waals surface area contributed by atoms with Crippen molar-refractivity contribution in [1.29, 1.82) is 0 Å². The van der Waals surface area contributed by atoms with Crippen molar-refractivity contribution in [2.75, 3.05) is 24.7 Å². The fourth-order valence-electron chi connectivity index (χ4n) is 3.68. The average Bonchev–Trinajstić information content (AvgIpc) is 3.18. The summed E-state index contributed by atoms with van der Waals surface area (Å²) in [6, 6.07) is 15.6. The number of carbonyl (C=O) groups is 1. The van der Waals surface area contributed by atoms with Crippen LogP contribution in [0.25, 0.3) is 11.1 Å². The zero-order valence-electron chi connectivity index (χ0n) is 16.7. The topological polar surface area (TPSA) is 51.7 Å². The number of rotatable bonds is 6. The molecule has 0 saturated carbocycles. The molecule has 3 aromatic rings. The molecule has 148 valence electrons. The minimum atomic E-state index is -0.0237. The van der Waals surface area contributed by atoms with Gasteiger partial charge in [0, 0.05) is 30.2 Å². The first-order chi connectivity index (χ1) is 14.2. The Morgan fingerprint density at radius 3 is 2.45 bits per heavy atom. The van der Waals surface area contributed by atoms with Crippen molar-refractivity contribution in [1.82, 2.24) is 4.98 Å². The first-order valence-electron chi connectivity index (χ1n) is 9.96. The van der Waals surface area contributed by atoms with Gasteiger partial charge in [-0.1, -0.05) is 6.07 Å². The molecule has 0 unspecified atom stereocenters. The number of ether oxygens (including phenoxy) is 2. The van der Waals surface area contributed by atoms with Crippen LogP contribution in [0.2, 0.25) is 0 Å². The van der Waals surface area contributed by atoms with Gasteiger partial charge >= 0.3 is 0 Å². The van der Waals surface area contributed by atoms with Crippen LogP contribution in [0.4, 0.5) is 5.69 Å². The van der Waals surface area contributed by atoms with Crippen molar-refractivity contribution >= 4 is 11.6 Å². The van der Waals surface area contributed by atoms with Gasteiger partial charge in [0.15, 0.2) is 11.5 Å². The maximum atomic E-state index is 13.2. The summed E-state index contributed by atoms with van der Waals surface area (Å²) < 4.78 is 11.3. The Balaban J connectivity index is 1.61. The quantitative estimate of drug-likeness (QED) is 0.612. The predicted molar refractivity (Wildman–Crippen MR) is 114 cm³/mol. The van der Waals surface area contributed by atoms with E-state index < -0.39 is 0 Å². The Kier molecular flexibility index (Phi) is 5.47. The summed E-state index contributed by atoms with van der Waals surface area (Å²) in [6.45, 7) is 5.58. The third-order valence-electron chi connectivity index (χ3n) is 5.02. The summed E-state index contributed by atoms with van der Waals surface area (Å²) in [7, 11) is 0. The van der Waals surface area contributed by atoms with Crippen LogP contribution in [-0.4, -0.2) is 30.6 Å². The van der Waals surface area contributed by atoms with E-state index in [0.29, 0.717) is 36.8 Å². The number of pyridine rings is 1. The molecule has 4 rings (SSSR count). The molecule has 2 aromatic carbocycles. The Morgan fingerprint density at radius 1 is 0.931 bits per heavy atom. The van der Waals surface area contributed by atoms with Gasteiger partial charge in [0.1, 0.15) is 0 Å². The molecule has 1 aliphatic rings. The molecular weight excluding hydrogens is 364 g/mol. The SMILES string of the molecule is CCOc1ccc(C(=O)N2CCc3cc(-c4ccncc4)ccc32)cc1OCC. The maximum Gasteiger partial charge on any atom is 0.258 e. The highest BCUT2D eigenvalue weighted by molar-refractivity contribution is 6.07. The lowest BCUT2D eigenvalue weighted by Gasteiger charge is -2.19. The van der Waals surface area contributed by atoms with Gasteiger partial charge in [-0.3, -0.25) is 9.78 Å². The Labute approximate surface area is 170 Å². The molecule has 5 heteroatoms. The fourth-order valence-corrected chi connectivity index (χ4v) is 3.68. The lowest BCUT2D eigenvalue weighted by Crippen LogP contribution is -2.28. The van der Waals surface area contributed by atoms with Crippen LogP contribution >= 0.6 is 0 Å². The third-order valence-corrected chi connectivity index (χ3v) is 5.02. The van der Waals surface area contributed by atoms with Gasteiger partial charge < -0.3 is 14.4 Å². The third kappa shape index (κ3) is 3.81. The number of nitrogens with zero attached hydrogens (tertiary/aromatic N) is 2. The standard InChI is InChI=1S/C24H24N2O3/c1-3-28-22-8-6-20(16-23(22)29-4-2)24(27)26-14-11-19-15-18(5-7-21(19)26)17-9-12-25-13-10-17/h5-10,12-13,15-16H,3-4,11,14H2,1-2H3. The van der Waals surface area contributed by atoms with E-state index >= 15 is 0 Å². The lowest BCUT2D eigenvalue weighted by molar-refractivity contribution is 0.0989. The van der Waals surface area contributed by atoms with Crippen LogP contribution in [0.1, 0.15) is 29.8 Å². The summed E-state index contributed by atoms with van der Waals surface area (Å²) in [4.78, 5) is 19.1. The van der Waals surface area contributed by atoms with Crippen molar-refractivity contribution in [3.63, 3.8) is 0 Å². The van der Waals surface area contributed by atoms with E-state index in [0.717, 1.165) is 23.2 Å². The maximum absolute atomic E-state index is 13.2. The second-order valence-corrected chi connectivity index (χ2v) is 6.81. The molecular formula is C24H24N2O3. The molecule has 0 fully saturated rings. The zero-order valence-corrected chi connectivity index (χ0v) is 16.7. The number of carbonyl (C=O) groups excluding carboxylic acids is 1. The highest BCUT2D eigenvalue weighted by Crippen LogP contribution is 2.35. The van der Waals surface area contributed by atoms with Crippen LogP contribution in [0.3, 0.4) is 0 Å². The molecule has 0 bridgehead atoms. The van der Waals surface area contributed by atoms with Crippen LogP contribution in [0.15, 0.2) is 60.9 Å². The van der Waals surface area contributed by atoms with Gasteiger partial charge in [-0.05, 0) is 79.4 Å². The fraction of sp³-hybridized carbons (Fsp3) is 0.250. The highest BCUT2D eigenvalue weighted by Gasteiger charge is 2.26. The van der Waals surface area contributed by atoms with Gasteiger partial charge in [0.05, 0.1) is 13.2 Å². The molecule has 0 N–H and O–H groups in total. The van der Waals surface area contributed by atoms with Crippen molar-refractivity contribution in [3.05, 3.63) is 72.1 Å². The number of anilines is 1. The minimum absolute atomic E-state index is 0.0237. The summed E-state index contributed by atoms with van der Waals surface area (Å²) in [5, 5.41) is 0. The smallest absolute Gasteiger partial charge is 0.258 e. The van der Waals surface area contributed by atoms with E-state index in [1.54, 1.807) is 24.5 Å². The average molecular weight is 388 g/mol. The van der Waals surface area contributed by atoms with Crippen LogP contribution < -0.4 is 14.4 Å². The largest absolute Gasteiger partial charge is 0.490 e. The van der Waals surface area contributed by atoms with E-state index in [4.69, 9.17) is 9.47 Å². The number of aromatic nitrogens is 1. The van der Waals surface area contributed by atoms with Crippen molar-refractivity contribution in [2.24, 2.45) is 0 Å². The monoisotopic (exact) mass is 388 g/mol. The molecule has 0 atom stereocenters. The first kappa shape index (κ1) is 19.0. The molecule has 1 aromatic heterocycles. The molecule has 1 amide bonds. The number of hydrogen-bond acceptors (Lipinski definition) is 4. The Morgan fingerprint density at radius 2 is 1.69 bits per heavy atom. The zero-order chi connectivity index (χ0) is 20.2. The van der Waals surface area contributed by atoms with Crippen molar-refractivity contribution in [2.45, 2.75) is 20.3 Å². The van der Waals surface area contributed by atoms with Gasteiger partial charge in [0.25, 0.3) is 5.91 Å². The van der Waals surface area contributed by atoms with Gasteiger partial charge in [-0.2, -0.15) is 0 Å². The van der Waals surface area contributed by atoms with Gasteiger partial charge in [0.2, 0.25) is 0 Å². The minimum Gasteiger partial charge on any atom is -0.490 e. The molecule has 0 aliphatic carbocycles. The second kappa shape index (κ2) is 8.35. The van der Waals surface area contributed by atoms with E-state index in [2.05, 4.69) is 17.1 Å². The summed E-state index contributed by atoms with van der Waals surface area (Å²) in [5.41, 5.74) is 5.02. The number of amides is 1. The summed E-state index contributed by atoms with van der Waals surface area (Å²) in [5.74, 6) is 1.24. The number of hydrogen-bond donors (Lipinski definition) is 0. The number of fused-ring (bicyclic) bond motifs is 1. The summed E-state index contributed by atoms with van der Waals surface area (Å²) in [6.07, 6.45) is 4.43. The molecule has 29 heavy (non-hydrogen) atoms. The molecule has 1 aliphatic heterocycles. The second-order valence-electron chi connectivity index (χ2n) is 6.81. The predicted octanol–water partition coefficient (Wildman–Crippen LogP) is 4.75. The van der Waals surface area contributed by atoms with E-state index in [1.807, 2.05) is 43.0 Å². The molecule has 2 heterocycles. The molecule has 0 spiro atoms. The van der Waals surface area contributed by atoms with E-state index in [1.165, 1.54) is 5.56 Å². The van der Waals surface area contributed by atoms with Gasteiger partial charge in [-0.25, -0.2) is 0 Å². The normalized spacial score (nSPS) is 12.6. The van der Waals surface area contributed by atoms with Crippen LogP contribution in [-0.2, 0) is 6.42 Å². The van der Waals surface area contributed by atoms with Crippen LogP contribution in [0.5, 0.6) is 11.5 Å². The van der Waals surface area contributed by atoms with Crippen LogP contribution in [0, 0.1) is 0 Å². The van der Waals surface area contributed by atoms with Crippen molar-refractivity contribution in [3.8, 4) is 22.6 Å². The van der Waals surface area contributed by atoms with Crippen molar-refractivity contribution < 1.29 is 14.3 Å². The first-order valence-corrected chi connectivity index (χ1v) is 9.96. The highest BCUT2D eigenvalue weighted by atomic mass is 16.5. The van der Waals surface area contributed by atoms with E-state index in [9.17, 15) is 4.79 Å². The van der Waals surface area contributed by atoms with Gasteiger partial charge in [-0.15, -0.1) is 0 Å². The summed E-state index contributed by atoms with van der Waals surface area (Å²) >= 11 is 0.